The molecule has 0 heterocycles. The highest BCUT2D eigenvalue weighted by atomic mass is 16.4. The number of carboxylic acids is 1. The molecule has 1 rings (SSSR count). The second-order valence-electron chi connectivity index (χ2n) is 2.78. The van der Waals surface area contributed by atoms with Crippen LogP contribution in [0.4, 0.5) is 0 Å². The van der Waals surface area contributed by atoms with E-state index in [2.05, 4.69) is 0 Å². The van der Waals surface area contributed by atoms with E-state index in [1.54, 1.807) is 12.2 Å². The number of allylic oxidation sites excluding steroid dienone is 2. The van der Waals surface area contributed by atoms with Crippen molar-refractivity contribution < 1.29 is 14.7 Å². The van der Waals surface area contributed by atoms with Crippen LogP contribution >= 0.6 is 0 Å². The van der Waals surface area contributed by atoms with Crippen molar-refractivity contribution in [3.63, 3.8) is 0 Å². The molecule has 3 nitrogen and oxygen atoms in total. The highest BCUT2D eigenvalue weighted by Crippen LogP contribution is 2.00. The normalized spacial score (nSPS) is 10.9. The van der Waals surface area contributed by atoms with Crippen molar-refractivity contribution in [2.75, 3.05) is 0 Å². The van der Waals surface area contributed by atoms with Gasteiger partial charge in [0, 0.05) is 0 Å². The third kappa shape index (κ3) is 4.04. The third-order valence-electron chi connectivity index (χ3n) is 1.65. The quantitative estimate of drug-likeness (QED) is 0.406. The predicted molar refractivity (Wildman–Crippen MR) is 54.6 cm³/mol. The lowest BCUT2D eigenvalue weighted by Crippen LogP contribution is -2.29. The Hall–Kier alpha value is -2.16. The summed E-state index contributed by atoms with van der Waals surface area (Å²) in [5, 5.41) is 10.0. The van der Waals surface area contributed by atoms with Gasteiger partial charge in [-0.2, -0.15) is 0 Å². The van der Waals surface area contributed by atoms with Crippen molar-refractivity contribution in [1.29, 1.82) is 0 Å². The van der Waals surface area contributed by atoms with Gasteiger partial charge in [0.05, 0.1) is 0 Å². The Kier molecular flexibility index (Phi) is 4.04. The molecule has 1 aromatic carbocycles. The molecule has 76 valence electrons. The zero-order valence-corrected chi connectivity index (χ0v) is 7.92. The number of carbonyl (C=O) groups is 2. The van der Waals surface area contributed by atoms with Crippen molar-refractivity contribution in [2.24, 2.45) is 0 Å². The lowest BCUT2D eigenvalue weighted by atomic mass is 10.2. The van der Waals surface area contributed by atoms with Crippen molar-refractivity contribution in [2.45, 2.75) is 0 Å². The molecule has 0 amide bonds. The summed E-state index contributed by atoms with van der Waals surface area (Å²) in [5.74, 6) is -2.73. The van der Waals surface area contributed by atoms with Crippen LogP contribution in [0.2, 0.25) is 0 Å². The van der Waals surface area contributed by atoms with E-state index in [0.717, 1.165) is 11.6 Å². The monoisotopic (exact) mass is 201 g/mol. The van der Waals surface area contributed by atoms with E-state index in [0.29, 0.717) is 0 Å². The summed E-state index contributed by atoms with van der Waals surface area (Å²) in [6, 6.07) is 9.45. The molecule has 0 aliphatic heterocycles. The van der Waals surface area contributed by atoms with Crippen molar-refractivity contribution in [3.8, 4) is 0 Å². The molecule has 1 aromatic rings. The molecule has 15 heavy (non-hydrogen) atoms. The minimum Gasteiger partial charge on any atom is -0.541 e. The first-order chi connectivity index (χ1) is 7.20. The van der Waals surface area contributed by atoms with Crippen LogP contribution in [0.25, 0.3) is 6.08 Å². The summed E-state index contributed by atoms with van der Waals surface area (Å²) in [7, 11) is 0. The highest BCUT2D eigenvalue weighted by molar-refractivity contribution is 6.36. The van der Waals surface area contributed by atoms with Gasteiger partial charge in [0.15, 0.2) is 0 Å². The molecule has 0 fully saturated rings. The standard InChI is InChI=1S/C12H10O3/c13-11(12(14)15)9-5-4-8-10-6-2-1-3-7-10/h1-9H,(H,14,15)/p-1/b8-4+,9-5+. The minimum absolute atomic E-state index is 0.953. The SMILES string of the molecule is O=C([O-])C(=O)/C=C/C=C/c1ccccc1. The van der Waals surface area contributed by atoms with Crippen LogP contribution in [0.1, 0.15) is 5.56 Å². The van der Waals surface area contributed by atoms with Crippen LogP contribution in [0.5, 0.6) is 0 Å². The first-order valence-corrected chi connectivity index (χ1v) is 4.35. The fourth-order valence-corrected chi connectivity index (χ4v) is 0.942. The van der Waals surface area contributed by atoms with Gasteiger partial charge in [0.1, 0.15) is 5.97 Å². The van der Waals surface area contributed by atoms with Crippen molar-refractivity contribution in [1.82, 2.24) is 0 Å². The zero-order chi connectivity index (χ0) is 11.1. The van der Waals surface area contributed by atoms with Gasteiger partial charge in [0.2, 0.25) is 5.78 Å². The van der Waals surface area contributed by atoms with E-state index in [9.17, 15) is 14.7 Å². The number of aliphatic carboxylic acids is 1. The van der Waals surface area contributed by atoms with Gasteiger partial charge in [-0.05, 0) is 11.6 Å². The van der Waals surface area contributed by atoms with Crippen LogP contribution < -0.4 is 5.11 Å². The maximum absolute atomic E-state index is 10.6. The van der Waals surface area contributed by atoms with E-state index in [-0.39, 0.29) is 0 Å². The fourth-order valence-electron chi connectivity index (χ4n) is 0.942. The molecule has 0 bridgehead atoms. The maximum Gasteiger partial charge on any atom is 0.201 e. The molecule has 0 spiro atoms. The number of hydrogen-bond acceptors (Lipinski definition) is 3. The Balaban J connectivity index is 2.54. The van der Waals surface area contributed by atoms with Gasteiger partial charge in [-0.1, -0.05) is 48.6 Å². The van der Waals surface area contributed by atoms with Crippen LogP contribution in [-0.4, -0.2) is 11.8 Å². The predicted octanol–water partition coefficient (Wildman–Crippen LogP) is 0.575. The number of benzene rings is 1. The average molecular weight is 201 g/mol. The van der Waals surface area contributed by atoms with Gasteiger partial charge < -0.3 is 9.90 Å². The smallest absolute Gasteiger partial charge is 0.201 e. The van der Waals surface area contributed by atoms with Crippen LogP contribution in [-0.2, 0) is 9.59 Å². The molecule has 0 aliphatic carbocycles. The maximum atomic E-state index is 10.6. The Morgan fingerprint density at radius 1 is 1.07 bits per heavy atom. The summed E-state index contributed by atoms with van der Waals surface area (Å²) in [6.45, 7) is 0. The Bertz CT molecular complexity index is 402. The summed E-state index contributed by atoms with van der Waals surface area (Å²) in [6.07, 6.45) is 5.68. The Labute approximate surface area is 87.4 Å². The van der Waals surface area contributed by atoms with Crippen molar-refractivity contribution >= 4 is 17.8 Å². The number of rotatable bonds is 4. The van der Waals surface area contributed by atoms with E-state index in [4.69, 9.17) is 0 Å². The lowest BCUT2D eigenvalue weighted by Gasteiger charge is -1.91. The molecule has 0 saturated heterocycles. The average Bonchev–Trinajstić information content (AvgIpc) is 2.25. The first-order valence-electron chi connectivity index (χ1n) is 4.35. The largest absolute Gasteiger partial charge is 0.541 e. The second kappa shape index (κ2) is 5.54. The van der Waals surface area contributed by atoms with E-state index < -0.39 is 11.8 Å². The molecule has 0 radical (unpaired) electrons. The summed E-state index contributed by atoms with van der Waals surface area (Å²) in [4.78, 5) is 20.6. The number of carbonyl (C=O) groups excluding carboxylic acids is 2. The Morgan fingerprint density at radius 3 is 2.33 bits per heavy atom. The van der Waals surface area contributed by atoms with E-state index in [1.807, 2.05) is 30.3 Å². The first kappa shape index (κ1) is 10.9. The molecule has 0 aliphatic rings. The number of carboxylic acid groups (broad SMARTS) is 1. The van der Waals surface area contributed by atoms with Crippen LogP contribution in [0.3, 0.4) is 0 Å². The zero-order valence-electron chi connectivity index (χ0n) is 7.92. The van der Waals surface area contributed by atoms with Gasteiger partial charge in [-0.3, -0.25) is 4.79 Å². The lowest BCUT2D eigenvalue weighted by molar-refractivity contribution is -0.299. The Morgan fingerprint density at radius 2 is 1.73 bits per heavy atom. The van der Waals surface area contributed by atoms with E-state index >= 15 is 0 Å². The molecule has 0 atom stereocenters. The minimum atomic E-state index is -1.70. The molecule has 0 aromatic heterocycles. The molecule has 0 saturated carbocycles. The molecular weight excluding hydrogens is 192 g/mol. The summed E-state index contributed by atoms with van der Waals surface area (Å²) in [5.41, 5.74) is 0.975. The van der Waals surface area contributed by atoms with E-state index in [1.165, 1.54) is 6.08 Å². The number of ketones is 1. The third-order valence-corrected chi connectivity index (χ3v) is 1.65. The highest BCUT2D eigenvalue weighted by Gasteiger charge is 1.92. The second-order valence-corrected chi connectivity index (χ2v) is 2.78. The van der Waals surface area contributed by atoms with Gasteiger partial charge in [0.25, 0.3) is 0 Å². The fraction of sp³-hybridized carbons (Fsp3) is 0. The molecule has 0 N–H and O–H groups in total. The van der Waals surface area contributed by atoms with Crippen molar-refractivity contribution in [3.05, 3.63) is 54.1 Å². The number of hydrogen-bond donors (Lipinski definition) is 0. The summed E-state index contributed by atoms with van der Waals surface area (Å²) >= 11 is 0. The van der Waals surface area contributed by atoms with Gasteiger partial charge >= 0.3 is 0 Å². The molecular formula is C12H9O3-. The van der Waals surface area contributed by atoms with Crippen LogP contribution in [0.15, 0.2) is 48.6 Å². The molecule has 3 heteroatoms. The topological polar surface area (TPSA) is 57.2 Å². The van der Waals surface area contributed by atoms with Crippen LogP contribution in [0, 0.1) is 0 Å². The van der Waals surface area contributed by atoms with Gasteiger partial charge in [-0.25, -0.2) is 0 Å². The molecule has 0 unspecified atom stereocenters. The summed E-state index contributed by atoms with van der Waals surface area (Å²) < 4.78 is 0. The van der Waals surface area contributed by atoms with Gasteiger partial charge in [-0.15, -0.1) is 0 Å².